The SMILES string of the molecule is O=C(C1CCCCC1)N1CCN(c2ccc(N3Cc4ccccc4C3)cc2)CC1. The normalized spacial score (nSPS) is 20.1. The lowest BCUT2D eigenvalue weighted by atomic mass is 9.88. The van der Waals surface area contributed by atoms with Gasteiger partial charge in [-0.25, -0.2) is 0 Å². The second-order valence-corrected chi connectivity index (χ2v) is 8.79. The number of benzene rings is 2. The number of amides is 1. The molecule has 0 N–H and O–H groups in total. The van der Waals surface area contributed by atoms with Crippen LogP contribution in [0.2, 0.25) is 0 Å². The Morgan fingerprint density at radius 3 is 1.83 bits per heavy atom. The molecule has 1 aliphatic carbocycles. The summed E-state index contributed by atoms with van der Waals surface area (Å²) in [5.74, 6) is 0.701. The maximum Gasteiger partial charge on any atom is 0.225 e. The van der Waals surface area contributed by atoms with E-state index in [0.29, 0.717) is 11.8 Å². The average molecular weight is 390 g/mol. The van der Waals surface area contributed by atoms with Gasteiger partial charge in [-0.1, -0.05) is 43.5 Å². The molecule has 2 aromatic rings. The third-order valence-electron chi connectivity index (χ3n) is 6.97. The zero-order chi connectivity index (χ0) is 19.6. The first-order valence-corrected chi connectivity index (χ1v) is 11.2. The van der Waals surface area contributed by atoms with Gasteiger partial charge in [-0.15, -0.1) is 0 Å². The lowest BCUT2D eigenvalue weighted by Crippen LogP contribution is -2.50. The van der Waals surface area contributed by atoms with Crippen molar-refractivity contribution in [3.05, 3.63) is 59.7 Å². The predicted octanol–water partition coefficient (Wildman–Crippen LogP) is 4.44. The minimum absolute atomic E-state index is 0.291. The van der Waals surface area contributed by atoms with Crippen LogP contribution in [-0.4, -0.2) is 37.0 Å². The van der Waals surface area contributed by atoms with Crippen LogP contribution >= 0.6 is 0 Å². The molecule has 2 aliphatic heterocycles. The number of rotatable bonds is 3. The summed E-state index contributed by atoms with van der Waals surface area (Å²) >= 11 is 0. The highest BCUT2D eigenvalue weighted by atomic mass is 16.2. The lowest BCUT2D eigenvalue weighted by Gasteiger charge is -2.38. The zero-order valence-corrected chi connectivity index (χ0v) is 17.2. The topological polar surface area (TPSA) is 26.8 Å². The molecule has 4 heteroatoms. The van der Waals surface area contributed by atoms with E-state index in [-0.39, 0.29) is 0 Å². The smallest absolute Gasteiger partial charge is 0.225 e. The summed E-state index contributed by atoms with van der Waals surface area (Å²) in [7, 11) is 0. The fourth-order valence-electron chi connectivity index (χ4n) is 5.18. The minimum atomic E-state index is 0.291. The molecule has 2 fully saturated rings. The van der Waals surface area contributed by atoms with Crippen molar-refractivity contribution in [2.24, 2.45) is 5.92 Å². The van der Waals surface area contributed by atoms with E-state index in [1.165, 1.54) is 41.8 Å². The molecule has 1 amide bonds. The van der Waals surface area contributed by atoms with Gasteiger partial charge < -0.3 is 14.7 Å². The van der Waals surface area contributed by atoms with E-state index in [2.05, 4.69) is 63.2 Å². The van der Waals surface area contributed by atoms with E-state index < -0.39 is 0 Å². The molecule has 0 spiro atoms. The molecule has 2 heterocycles. The van der Waals surface area contributed by atoms with Crippen LogP contribution in [0.25, 0.3) is 0 Å². The van der Waals surface area contributed by atoms with Crippen LogP contribution in [0.15, 0.2) is 48.5 Å². The molecule has 2 aromatic carbocycles. The average Bonchev–Trinajstić information content (AvgIpc) is 3.24. The van der Waals surface area contributed by atoms with Gasteiger partial charge in [0.05, 0.1) is 0 Å². The Morgan fingerprint density at radius 1 is 0.690 bits per heavy atom. The molecule has 0 atom stereocenters. The third-order valence-corrected chi connectivity index (χ3v) is 6.97. The van der Waals surface area contributed by atoms with Crippen LogP contribution in [-0.2, 0) is 17.9 Å². The van der Waals surface area contributed by atoms with Crippen molar-refractivity contribution in [3.63, 3.8) is 0 Å². The van der Waals surface area contributed by atoms with Crippen LogP contribution in [0, 0.1) is 5.92 Å². The summed E-state index contributed by atoms with van der Waals surface area (Å²) in [5.41, 5.74) is 5.44. The summed E-state index contributed by atoms with van der Waals surface area (Å²) in [6.45, 7) is 5.59. The Labute approximate surface area is 174 Å². The molecule has 0 radical (unpaired) electrons. The van der Waals surface area contributed by atoms with Gasteiger partial charge in [0.15, 0.2) is 0 Å². The van der Waals surface area contributed by atoms with E-state index in [1.54, 1.807) is 0 Å². The number of hydrogen-bond acceptors (Lipinski definition) is 3. The number of anilines is 2. The van der Waals surface area contributed by atoms with Crippen molar-refractivity contribution >= 4 is 17.3 Å². The Morgan fingerprint density at radius 2 is 1.24 bits per heavy atom. The van der Waals surface area contributed by atoms with Crippen LogP contribution < -0.4 is 9.80 Å². The Kier molecular flexibility index (Phi) is 5.17. The van der Waals surface area contributed by atoms with Crippen molar-refractivity contribution in [1.82, 2.24) is 4.90 Å². The maximum atomic E-state index is 12.8. The maximum absolute atomic E-state index is 12.8. The molecule has 1 saturated heterocycles. The number of carbonyl (C=O) groups is 1. The van der Waals surface area contributed by atoms with Crippen molar-refractivity contribution in [2.75, 3.05) is 36.0 Å². The highest BCUT2D eigenvalue weighted by Crippen LogP contribution is 2.30. The summed E-state index contributed by atoms with van der Waals surface area (Å²) in [5, 5.41) is 0. The molecular weight excluding hydrogens is 358 g/mol. The first-order chi connectivity index (χ1) is 14.3. The molecule has 3 aliphatic rings. The van der Waals surface area contributed by atoms with Gasteiger partial charge >= 0.3 is 0 Å². The molecule has 0 aromatic heterocycles. The minimum Gasteiger partial charge on any atom is -0.368 e. The van der Waals surface area contributed by atoms with Gasteiger partial charge in [0.2, 0.25) is 5.91 Å². The number of fused-ring (bicyclic) bond motifs is 1. The van der Waals surface area contributed by atoms with Crippen molar-refractivity contribution < 1.29 is 4.79 Å². The van der Waals surface area contributed by atoms with Gasteiger partial charge in [-0.05, 0) is 48.2 Å². The number of hydrogen-bond donors (Lipinski definition) is 0. The van der Waals surface area contributed by atoms with Crippen LogP contribution in [0.5, 0.6) is 0 Å². The quantitative estimate of drug-likeness (QED) is 0.777. The fourth-order valence-corrected chi connectivity index (χ4v) is 5.18. The second-order valence-electron chi connectivity index (χ2n) is 8.79. The number of nitrogens with zero attached hydrogens (tertiary/aromatic N) is 3. The van der Waals surface area contributed by atoms with E-state index in [4.69, 9.17) is 0 Å². The summed E-state index contributed by atoms with van der Waals surface area (Å²) in [4.78, 5) is 19.8. The number of carbonyl (C=O) groups excluding carboxylic acids is 1. The van der Waals surface area contributed by atoms with Gasteiger partial charge in [0, 0.05) is 56.6 Å². The molecule has 29 heavy (non-hydrogen) atoms. The van der Waals surface area contributed by atoms with Gasteiger partial charge in [-0.2, -0.15) is 0 Å². The molecule has 152 valence electrons. The second kappa shape index (κ2) is 8.10. The molecule has 4 nitrogen and oxygen atoms in total. The lowest BCUT2D eigenvalue weighted by molar-refractivity contribution is -0.136. The first-order valence-electron chi connectivity index (χ1n) is 11.2. The molecule has 5 rings (SSSR count). The van der Waals surface area contributed by atoms with E-state index >= 15 is 0 Å². The largest absolute Gasteiger partial charge is 0.368 e. The van der Waals surface area contributed by atoms with E-state index in [1.807, 2.05) is 0 Å². The Hall–Kier alpha value is -2.49. The fraction of sp³-hybridized carbons (Fsp3) is 0.480. The molecule has 0 bridgehead atoms. The standard InChI is InChI=1S/C25H31N3O/c29-25(20-6-2-1-3-7-20)27-16-14-26(15-17-27)23-10-12-24(13-11-23)28-18-21-8-4-5-9-22(21)19-28/h4-5,8-13,20H,1-3,6-7,14-19H2. The number of piperazine rings is 1. The van der Waals surface area contributed by atoms with Gasteiger partial charge in [-0.3, -0.25) is 4.79 Å². The highest BCUT2D eigenvalue weighted by Gasteiger charge is 2.28. The van der Waals surface area contributed by atoms with E-state index in [9.17, 15) is 4.79 Å². The Balaban J connectivity index is 1.17. The first kappa shape index (κ1) is 18.5. The third kappa shape index (κ3) is 3.85. The van der Waals surface area contributed by atoms with Crippen molar-refractivity contribution in [2.45, 2.75) is 45.2 Å². The molecular formula is C25H31N3O. The Bertz CT molecular complexity index is 824. The van der Waals surface area contributed by atoms with E-state index in [0.717, 1.165) is 52.1 Å². The van der Waals surface area contributed by atoms with Gasteiger partial charge in [0.25, 0.3) is 0 Å². The summed E-state index contributed by atoms with van der Waals surface area (Å²) in [6, 6.07) is 17.7. The molecule has 1 saturated carbocycles. The van der Waals surface area contributed by atoms with Crippen LogP contribution in [0.1, 0.15) is 43.2 Å². The molecule has 0 unspecified atom stereocenters. The summed E-state index contributed by atoms with van der Waals surface area (Å²) < 4.78 is 0. The van der Waals surface area contributed by atoms with Crippen LogP contribution in [0.3, 0.4) is 0 Å². The monoisotopic (exact) mass is 389 g/mol. The predicted molar refractivity (Wildman–Crippen MR) is 118 cm³/mol. The van der Waals surface area contributed by atoms with Gasteiger partial charge in [0.1, 0.15) is 0 Å². The van der Waals surface area contributed by atoms with Crippen molar-refractivity contribution in [3.8, 4) is 0 Å². The zero-order valence-electron chi connectivity index (χ0n) is 17.2. The van der Waals surface area contributed by atoms with Crippen LogP contribution in [0.4, 0.5) is 11.4 Å². The van der Waals surface area contributed by atoms with Crippen molar-refractivity contribution in [1.29, 1.82) is 0 Å². The highest BCUT2D eigenvalue weighted by molar-refractivity contribution is 5.79. The summed E-state index contributed by atoms with van der Waals surface area (Å²) in [6.07, 6.45) is 5.95.